The Balaban J connectivity index is 1.79. The van der Waals surface area contributed by atoms with Crippen molar-refractivity contribution in [2.75, 3.05) is 25.2 Å². The molecule has 2 amide bonds. The SMILES string of the molecule is COc1ccc(C(=O)NCCO)cc1-c1nc(C)c([C@@H]2c3ccc(Cl)cc3-c3c(Cl)ccc(C)c3N2C=O)n1C(C)C. The summed E-state index contributed by atoms with van der Waals surface area (Å²) in [4.78, 5) is 32.5. The highest BCUT2D eigenvalue weighted by Gasteiger charge is 2.39. The Kier molecular flexibility index (Phi) is 8.32. The normalized spacial score (nSPS) is 14.0. The number of aromatic nitrogens is 2. The number of aliphatic hydroxyl groups is 1. The number of ether oxygens (including phenoxy) is 1. The Morgan fingerprint density at radius 3 is 2.55 bits per heavy atom. The number of benzene rings is 3. The number of carbonyl (C=O) groups is 2. The topological polar surface area (TPSA) is 96.7 Å². The third-order valence-corrected chi connectivity index (χ3v) is 8.12. The number of aryl methyl sites for hydroxylation is 2. The first-order valence-corrected chi connectivity index (χ1v) is 14.4. The molecule has 0 aliphatic carbocycles. The molecule has 1 atom stereocenters. The van der Waals surface area contributed by atoms with Crippen LogP contribution in [0.15, 0.2) is 48.5 Å². The number of rotatable bonds is 8. The standard InChI is InChI=1S/C32H32Cl2N4O4/c1-17(2)38-29(19(4)36-31(38)24-14-20(7-11-26(24)42-5)32(41)35-12-13-39)30-22-9-8-21(33)15-23(22)27-25(34)10-6-18(3)28(27)37(30)16-40/h6-11,14-17,30,39H,12-13H2,1-5H3,(H,35,41)/t30-/m0/s1. The number of hydrogen-bond acceptors (Lipinski definition) is 5. The molecule has 8 nitrogen and oxygen atoms in total. The molecule has 4 aromatic rings. The van der Waals surface area contributed by atoms with Crippen molar-refractivity contribution < 1.29 is 19.4 Å². The first-order valence-electron chi connectivity index (χ1n) is 13.6. The number of anilines is 1. The van der Waals surface area contributed by atoms with E-state index in [0.29, 0.717) is 32.7 Å². The minimum absolute atomic E-state index is 0.0844. The van der Waals surface area contributed by atoms with Crippen LogP contribution in [-0.4, -0.2) is 47.2 Å². The largest absolute Gasteiger partial charge is 0.496 e. The van der Waals surface area contributed by atoms with Crippen molar-refractivity contribution in [2.24, 2.45) is 0 Å². The summed E-state index contributed by atoms with van der Waals surface area (Å²) in [5.74, 6) is 0.825. The monoisotopic (exact) mass is 606 g/mol. The van der Waals surface area contributed by atoms with Crippen molar-refractivity contribution in [1.29, 1.82) is 0 Å². The van der Waals surface area contributed by atoms with Gasteiger partial charge in [0, 0.05) is 28.7 Å². The van der Waals surface area contributed by atoms with Crippen LogP contribution in [-0.2, 0) is 4.79 Å². The summed E-state index contributed by atoms with van der Waals surface area (Å²) in [5.41, 5.74) is 6.66. The number of imidazole rings is 1. The van der Waals surface area contributed by atoms with E-state index in [1.54, 1.807) is 30.2 Å². The molecule has 1 aliphatic rings. The van der Waals surface area contributed by atoms with Crippen molar-refractivity contribution >= 4 is 41.2 Å². The van der Waals surface area contributed by atoms with Crippen LogP contribution in [0.2, 0.25) is 10.0 Å². The van der Waals surface area contributed by atoms with E-state index in [2.05, 4.69) is 9.88 Å². The number of methoxy groups -OCH3 is 1. The molecule has 0 spiro atoms. The van der Waals surface area contributed by atoms with Crippen LogP contribution in [0.25, 0.3) is 22.5 Å². The molecule has 0 bridgehead atoms. The minimum Gasteiger partial charge on any atom is -0.496 e. The van der Waals surface area contributed by atoms with Gasteiger partial charge in [-0.25, -0.2) is 4.98 Å². The van der Waals surface area contributed by atoms with E-state index < -0.39 is 6.04 Å². The first kappa shape index (κ1) is 29.6. The number of fused-ring (bicyclic) bond motifs is 3. The summed E-state index contributed by atoms with van der Waals surface area (Å²) >= 11 is 13.2. The van der Waals surface area contributed by atoms with E-state index in [9.17, 15) is 9.59 Å². The number of aliphatic hydroxyl groups excluding tert-OH is 1. The number of halogens is 2. The van der Waals surface area contributed by atoms with E-state index in [1.165, 1.54) is 0 Å². The molecule has 3 aromatic carbocycles. The molecule has 10 heteroatoms. The Morgan fingerprint density at radius 2 is 1.88 bits per heavy atom. The smallest absolute Gasteiger partial charge is 0.251 e. The van der Waals surface area contributed by atoms with Crippen molar-refractivity contribution in [3.8, 4) is 28.3 Å². The molecule has 218 valence electrons. The van der Waals surface area contributed by atoms with Crippen LogP contribution in [0.1, 0.15) is 58.8 Å². The summed E-state index contributed by atoms with van der Waals surface area (Å²) in [5, 5.41) is 12.9. The highest BCUT2D eigenvalue weighted by molar-refractivity contribution is 6.35. The molecule has 1 aromatic heterocycles. The molecule has 0 saturated heterocycles. The zero-order chi connectivity index (χ0) is 30.3. The van der Waals surface area contributed by atoms with Crippen LogP contribution < -0.4 is 15.0 Å². The van der Waals surface area contributed by atoms with Crippen LogP contribution in [0, 0.1) is 13.8 Å². The third kappa shape index (κ3) is 4.93. The summed E-state index contributed by atoms with van der Waals surface area (Å²) in [6, 6.07) is 13.9. The molecule has 42 heavy (non-hydrogen) atoms. The first-order chi connectivity index (χ1) is 20.1. The van der Waals surface area contributed by atoms with Gasteiger partial charge in [0.15, 0.2) is 0 Å². The second-order valence-corrected chi connectivity index (χ2v) is 11.3. The van der Waals surface area contributed by atoms with Gasteiger partial charge in [-0.05, 0) is 80.8 Å². The fraction of sp³-hybridized carbons (Fsp3) is 0.281. The van der Waals surface area contributed by atoms with Crippen molar-refractivity contribution in [3.63, 3.8) is 0 Å². The van der Waals surface area contributed by atoms with Crippen molar-refractivity contribution in [2.45, 2.75) is 39.8 Å². The second-order valence-electron chi connectivity index (χ2n) is 10.5. The number of amides is 2. The zero-order valence-corrected chi connectivity index (χ0v) is 25.5. The molecule has 1 aliphatic heterocycles. The quantitative estimate of drug-likeness (QED) is 0.223. The fourth-order valence-corrected chi connectivity index (χ4v) is 6.24. The molecule has 0 fully saturated rings. The average molecular weight is 608 g/mol. The molecule has 0 radical (unpaired) electrons. The van der Waals surface area contributed by atoms with E-state index in [0.717, 1.165) is 45.7 Å². The number of hydrogen-bond donors (Lipinski definition) is 2. The lowest BCUT2D eigenvalue weighted by atomic mass is 9.85. The summed E-state index contributed by atoms with van der Waals surface area (Å²) < 4.78 is 7.80. The highest BCUT2D eigenvalue weighted by atomic mass is 35.5. The summed E-state index contributed by atoms with van der Waals surface area (Å²) in [6.07, 6.45) is 0.841. The lowest BCUT2D eigenvalue weighted by molar-refractivity contribution is -0.107. The van der Waals surface area contributed by atoms with Crippen LogP contribution in [0.4, 0.5) is 5.69 Å². The Labute approximate surface area is 254 Å². The van der Waals surface area contributed by atoms with Crippen molar-refractivity contribution in [1.82, 2.24) is 14.9 Å². The summed E-state index contributed by atoms with van der Waals surface area (Å²) in [6.45, 7) is 7.94. The van der Waals surface area contributed by atoms with Crippen molar-refractivity contribution in [3.05, 3.63) is 86.7 Å². The highest BCUT2D eigenvalue weighted by Crippen LogP contribution is 2.52. The predicted molar refractivity (Wildman–Crippen MR) is 166 cm³/mol. The van der Waals surface area contributed by atoms with Gasteiger partial charge in [0.2, 0.25) is 6.41 Å². The van der Waals surface area contributed by atoms with E-state index in [4.69, 9.17) is 38.0 Å². The number of nitrogens with one attached hydrogen (secondary N) is 1. The maximum atomic E-state index is 13.0. The van der Waals surface area contributed by atoms with Crippen LogP contribution >= 0.6 is 23.2 Å². The average Bonchev–Trinajstić information content (AvgIpc) is 3.32. The van der Waals surface area contributed by atoms with Gasteiger partial charge < -0.3 is 24.6 Å². The predicted octanol–water partition coefficient (Wildman–Crippen LogP) is 6.52. The Hall–Kier alpha value is -3.85. The molecule has 2 heterocycles. The van der Waals surface area contributed by atoms with Gasteiger partial charge in [-0.3, -0.25) is 9.59 Å². The third-order valence-electron chi connectivity index (χ3n) is 7.57. The maximum absolute atomic E-state index is 13.0. The molecular weight excluding hydrogens is 575 g/mol. The Bertz CT molecular complexity index is 1700. The minimum atomic E-state index is -0.537. The van der Waals surface area contributed by atoms with E-state index in [-0.39, 0.29) is 25.1 Å². The van der Waals surface area contributed by atoms with Gasteiger partial charge >= 0.3 is 0 Å². The number of carbonyl (C=O) groups excluding carboxylic acids is 2. The van der Waals surface area contributed by atoms with Gasteiger partial charge in [0.25, 0.3) is 5.91 Å². The van der Waals surface area contributed by atoms with Gasteiger partial charge in [-0.1, -0.05) is 35.3 Å². The van der Waals surface area contributed by atoms with Gasteiger partial charge in [0.05, 0.1) is 41.4 Å². The lowest BCUT2D eigenvalue weighted by Crippen LogP contribution is -2.34. The maximum Gasteiger partial charge on any atom is 0.251 e. The van der Waals surface area contributed by atoms with Gasteiger partial charge in [0.1, 0.15) is 17.6 Å². The van der Waals surface area contributed by atoms with Crippen LogP contribution in [0.5, 0.6) is 5.75 Å². The fourth-order valence-electron chi connectivity index (χ4n) is 5.81. The molecule has 0 unspecified atom stereocenters. The molecule has 0 saturated carbocycles. The second kappa shape index (κ2) is 11.8. The van der Waals surface area contributed by atoms with E-state index >= 15 is 0 Å². The Morgan fingerprint density at radius 1 is 1.12 bits per heavy atom. The van der Waals surface area contributed by atoms with E-state index in [1.807, 2.05) is 58.0 Å². The van der Waals surface area contributed by atoms with Crippen LogP contribution in [0.3, 0.4) is 0 Å². The molecule has 2 N–H and O–H groups in total. The molecule has 5 rings (SSSR count). The molecular formula is C32H32Cl2N4O4. The zero-order valence-electron chi connectivity index (χ0n) is 24.0. The van der Waals surface area contributed by atoms with Gasteiger partial charge in [-0.2, -0.15) is 0 Å². The summed E-state index contributed by atoms with van der Waals surface area (Å²) in [7, 11) is 1.57. The number of nitrogens with zero attached hydrogens (tertiary/aromatic N) is 3. The van der Waals surface area contributed by atoms with Gasteiger partial charge in [-0.15, -0.1) is 0 Å². The lowest BCUT2D eigenvalue weighted by Gasteiger charge is -2.39.